The highest BCUT2D eigenvalue weighted by molar-refractivity contribution is 7.89. The first-order valence-corrected chi connectivity index (χ1v) is 11.8. The van der Waals surface area contributed by atoms with E-state index in [4.69, 9.17) is 14.2 Å². The Hall–Kier alpha value is -3.12. The molecule has 0 aromatic heterocycles. The number of ketones is 1. The third-order valence-corrected chi connectivity index (χ3v) is 7.52. The maximum absolute atomic E-state index is 12.9. The van der Waals surface area contributed by atoms with Crippen molar-refractivity contribution >= 4 is 21.8 Å². The highest BCUT2D eigenvalue weighted by Gasteiger charge is 2.35. The summed E-state index contributed by atoms with van der Waals surface area (Å²) in [6.07, 6.45) is -4.43. The van der Waals surface area contributed by atoms with Crippen LogP contribution in [-0.4, -0.2) is 51.0 Å². The Morgan fingerprint density at radius 3 is 2.44 bits per heavy atom. The normalized spacial score (nSPS) is 16.9. The number of piperidine rings is 1. The van der Waals surface area contributed by atoms with Crippen molar-refractivity contribution in [3.63, 3.8) is 0 Å². The molecule has 0 amide bonds. The number of hydrogen-bond acceptors (Lipinski definition) is 7. The van der Waals surface area contributed by atoms with Crippen LogP contribution in [0.3, 0.4) is 0 Å². The number of fused-ring (bicyclic) bond motifs is 1. The molecule has 0 spiro atoms. The number of esters is 1. The first-order valence-electron chi connectivity index (χ1n) is 10.3. The molecule has 0 atom stereocenters. The highest BCUT2D eigenvalue weighted by Crippen LogP contribution is 2.33. The van der Waals surface area contributed by atoms with Crippen LogP contribution >= 0.6 is 0 Å². The number of carbonyl (C=O) groups excluding carboxylic acids is 2. The van der Waals surface area contributed by atoms with E-state index in [1.54, 1.807) is 6.07 Å². The highest BCUT2D eigenvalue weighted by atomic mass is 32.2. The summed E-state index contributed by atoms with van der Waals surface area (Å²) < 4.78 is 80.9. The summed E-state index contributed by atoms with van der Waals surface area (Å²) >= 11 is 0. The zero-order chi connectivity index (χ0) is 24.5. The molecular formula is C22H20F3NO7S. The molecule has 2 aliphatic heterocycles. The number of alkyl halides is 3. The van der Waals surface area contributed by atoms with Crippen LogP contribution in [-0.2, 0) is 25.7 Å². The van der Waals surface area contributed by atoms with Crippen LogP contribution in [0.5, 0.6) is 11.5 Å². The van der Waals surface area contributed by atoms with Crippen molar-refractivity contribution in [2.45, 2.75) is 23.9 Å². The standard InChI is InChI=1S/C22H20F3NO7S/c23-22(24,25)16-2-1-3-17(11-16)34(29,30)26-8-6-14(7-9-26)21(28)31-12-18(27)15-4-5-19-20(10-15)33-13-32-19/h1-5,10-11,14H,6-9,12-13H2. The van der Waals surface area contributed by atoms with E-state index in [1.165, 1.54) is 12.1 Å². The summed E-state index contributed by atoms with van der Waals surface area (Å²) in [5, 5.41) is 0. The van der Waals surface area contributed by atoms with Gasteiger partial charge in [0.25, 0.3) is 0 Å². The Balaban J connectivity index is 1.32. The number of rotatable bonds is 6. The number of carbonyl (C=O) groups is 2. The lowest BCUT2D eigenvalue weighted by molar-refractivity contribution is -0.148. The average Bonchev–Trinajstić information content (AvgIpc) is 3.30. The van der Waals surface area contributed by atoms with Crippen LogP contribution in [0.4, 0.5) is 13.2 Å². The third-order valence-electron chi connectivity index (χ3n) is 5.63. The minimum absolute atomic E-state index is 0.0597. The summed E-state index contributed by atoms with van der Waals surface area (Å²) in [6.45, 7) is -0.547. The smallest absolute Gasteiger partial charge is 0.416 e. The lowest BCUT2D eigenvalue weighted by Gasteiger charge is -2.30. The molecule has 4 rings (SSSR count). The van der Waals surface area contributed by atoms with E-state index < -0.39 is 50.9 Å². The first-order chi connectivity index (χ1) is 16.1. The van der Waals surface area contributed by atoms with E-state index in [0.29, 0.717) is 23.1 Å². The van der Waals surface area contributed by atoms with Crippen molar-refractivity contribution in [3.8, 4) is 11.5 Å². The Morgan fingerprint density at radius 1 is 1.03 bits per heavy atom. The molecule has 1 fully saturated rings. The fraction of sp³-hybridized carbons (Fsp3) is 0.364. The fourth-order valence-electron chi connectivity index (χ4n) is 3.72. The summed E-state index contributed by atoms with van der Waals surface area (Å²) in [4.78, 5) is 24.3. The number of Topliss-reactive ketones (excluding diaryl/α,β-unsaturated/α-hetero) is 1. The number of hydrogen-bond donors (Lipinski definition) is 0. The molecule has 182 valence electrons. The predicted molar refractivity (Wildman–Crippen MR) is 111 cm³/mol. The average molecular weight is 499 g/mol. The maximum atomic E-state index is 12.9. The van der Waals surface area contributed by atoms with Crippen molar-refractivity contribution in [2.24, 2.45) is 5.92 Å². The van der Waals surface area contributed by atoms with Gasteiger partial charge < -0.3 is 14.2 Å². The largest absolute Gasteiger partial charge is 0.457 e. The van der Waals surface area contributed by atoms with Gasteiger partial charge in [0.1, 0.15) is 0 Å². The van der Waals surface area contributed by atoms with Crippen molar-refractivity contribution in [1.82, 2.24) is 4.31 Å². The van der Waals surface area contributed by atoms with Gasteiger partial charge in [-0.05, 0) is 49.2 Å². The van der Waals surface area contributed by atoms with Gasteiger partial charge in [-0.1, -0.05) is 6.07 Å². The number of ether oxygens (including phenoxy) is 3. The van der Waals surface area contributed by atoms with E-state index in [-0.39, 0.29) is 32.7 Å². The van der Waals surface area contributed by atoms with Crippen molar-refractivity contribution in [3.05, 3.63) is 53.6 Å². The van der Waals surface area contributed by atoms with Crippen LogP contribution < -0.4 is 9.47 Å². The van der Waals surface area contributed by atoms with E-state index in [2.05, 4.69) is 0 Å². The molecule has 0 unspecified atom stereocenters. The second-order valence-corrected chi connectivity index (χ2v) is 9.74. The van der Waals surface area contributed by atoms with Crippen molar-refractivity contribution in [2.75, 3.05) is 26.5 Å². The second-order valence-electron chi connectivity index (χ2n) is 7.80. The molecule has 2 aromatic rings. The molecule has 0 bridgehead atoms. The van der Waals surface area contributed by atoms with Gasteiger partial charge in [-0.3, -0.25) is 9.59 Å². The molecule has 0 radical (unpaired) electrons. The van der Waals surface area contributed by atoms with E-state index in [9.17, 15) is 31.2 Å². The second kappa shape index (κ2) is 9.26. The number of nitrogens with zero attached hydrogens (tertiary/aromatic N) is 1. The number of halogens is 3. The molecule has 12 heteroatoms. The zero-order valence-corrected chi connectivity index (χ0v) is 18.5. The molecule has 2 aromatic carbocycles. The van der Waals surface area contributed by atoms with E-state index >= 15 is 0 Å². The molecule has 0 saturated carbocycles. The van der Waals surface area contributed by atoms with Gasteiger partial charge in [0, 0.05) is 18.7 Å². The SMILES string of the molecule is O=C(COC(=O)C1CCN(S(=O)(=O)c2cccc(C(F)(F)F)c2)CC1)c1ccc2c(c1)OCO2. The number of benzene rings is 2. The Bertz CT molecular complexity index is 1210. The van der Waals surface area contributed by atoms with Gasteiger partial charge in [0.2, 0.25) is 16.8 Å². The molecule has 34 heavy (non-hydrogen) atoms. The quantitative estimate of drug-likeness (QED) is 0.444. The lowest BCUT2D eigenvalue weighted by atomic mass is 9.98. The van der Waals surface area contributed by atoms with Crippen LogP contribution in [0.2, 0.25) is 0 Å². The molecule has 0 N–H and O–H groups in total. The fourth-order valence-corrected chi connectivity index (χ4v) is 5.24. The first kappa shape index (κ1) is 24.0. The summed E-state index contributed by atoms with van der Waals surface area (Å²) in [7, 11) is -4.16. The minimum Gasteiger partial charge on any atom is -0.457 e. The monoisotopic (exact) mass is 499 g/mol. The molecule has 0 aliphatic carbocycles. The Kier molecular flexibility index (Phi) is 6.54. The van der Waals surface area contributed by atoms with Crippen LogP contribution in [0.1, 0.15) is 28.8 Å². The Morgan fingerprint density at radius 2 is 1.74 bits per heavy atom. The lowest BCUT2D eigenvalue weighted by Crippen LogP contribution is -2.40. The van der Waals surface area contributed by atoms with E-state index in [1.807, 2.05) is 0 Å². The maximum Gasteiger partial charge on any atom is 0.416 e. The molecule has 2 aliphatic rings. The zero-order valence-electron chi connectivity index (χ0n) is 17.7. The molecular weight excluding hydrogens is 479 g/mol. The van der Waals surface area contributed by atoms with Crippen molar-refractivity contribution in [1.29, 1.82) is 0 Å². The summed E-state index contributed by atoms with van der Waals surface area (Å²) in [5.74, 6) is -0.758. The van der Waals surface area contributed by atoms with E-state index in [0.717, 1.165) is 22.5 Å². The van der Waals surface area contributed by atoms with Crippen LogP contribution in [0.25, 0.3) is 0 Å². The van der Waals surface area contributed by atoms with Gasteiger partial charge in [0.05, 0.1) is 16.4 Å². The topological polar surface area (TPSA) is 99.2 Å². The summed E-state index contributed by atoms with van der Waals surface area (Å²) in [5.41, 5.74) is -0.766. The van der Waals surface area contributed by atoms with Crippen LogP contribution in [0, 0.1) is 5.92 Å². The summed E-state index contributed by atoms with van der Waals surface area (Å²) in [6, 6.07) is 8.14. The van der Waals surface area contributed by atoms with Gasteiger partial charge in [0.15, 0.2) is 23.9 Å². The molecule has 2 heterocycles. The van der Waals surface area contributed by atoms with Gasteiger partial charge in [-0.25, -0.2) is 8.42 Å². The predicted octanol–water partition coefficient (Wildman–Crippen LogP) is 3.26. The third kappa shape index (κ3) is 5.02. The molecule has 1 saturated heterocycles. The van der Waals surface area contributed by atoms with Gasteiger partial charge in [-0.2, -0.15) is 17.5 Å². The van der Waals surface area contributed by atoms with Crippen LogP contribution in [0.15, 0.2) is 47.4 Å². The Labute approximate surface area is 193 Å². The molecule has 8 nitrogen and oxygen atoms in total. The van der Waals surface area contributed by atoms with Crippen molar-refractivity contribution < 1.29 is 45.4 Å². The number of sulfonamides is 1. The van der Waals surface area contributed by atoms with Gasteiger partial charge in [-0.15, -0.1) is 0 Å². The van der Waals surface area contributed by atoms with Gasteiger partial charge >= 0.3 is 12.1 Å². The minimum atomic E-state index is -4.67.